The van der Waals surface area contributed by atoms with E-state index in [9.17, 15) is 4.79 Å². The van der Waals surface area contributed by atoms with Gasteiger partial charge >= 0.3 is 0 Å². The number of nitrogens with zero attached hydrogens (tertiary/aromatic N) is 1. The van der Waals surface area contributed by atoms with Crippen molar-refractivity contribution in [1.29, 1.82) is 0 Å². The molecule has 0 unspecified atom stereocenters. The van der Waals surface area contributed by atoms with Gasteiger partial charge in [-0.3, -0.25) is 9.78 Å². The fourth-order valence-corrected chi connectivity index (χ4v) is 3.55. The molecule has 0 aliphatic carbocycles. The number of hydrogen-bond acceptors (Lipinski definition) is 4. The van der Waals surface area contributed by atoms with Gasteiger partial charge in [-0.05, 0) is 42.1 Å². The van der Waals surface area contributed by atoms with Crippen LogP contribution in [-0.2, 0) is 6.42 Å². The molecule has 0 radical (unpaired) electrons. The summed E-state index contributed by atoms with van der Waals surface area (Å²) in [5, 5.41) is 2.86. The summed E-state index contributed by atoms with van der Waals surface area (Å²) in [6.45, 7) is 1.89. The monoisotopic (exact) mass is 432 g/mol. The molecular weight excluding hydrogens is 411 g/mol. The number of halogens is 2. The largest absolute Gasteiger partial charge is 0.493 e. The Morgan fingerprint density at radius 2 is 1.59 bits per heavy atom. The highest BCUT2D eigenvalue weighted by atomic mass is 35.5. The van der Waals surface area contributed by atoms with E-state index in [4.69, 9.17) is 9.47 Å². The molecule has 0 saturated heterocycles. The lowest BCUT2D eigenvalue weighted by molar-refractivity contribution is 0.356. The van der Waals surface area contributed by atoms with Gasteiger partial charge in [-0.1, -0.05) is 18.2 Å². The normalized spacial score (nSPS) is 10.3. The van der Waals surface area contributed by atoms with Crippen molar-refractivity contribution in [3.63, 3.8) is 0 Å². The number of H-pyrrole nitrogens is 1. The summed E-state index contributed by atoms with van der Waals surface area (Å²) in [5.74, 6) is 1.25. The van der Waals surface area contributed by atoms with Gasteiger partial charge in [0.15, 0.2) is 11.5 Å². The Morgan fingerprint density at radius 1 is 0.931 bits per heavy atom. The number of ether oxygens (including phenoxy) is 2. The predicted octanol–water partition coefficient (Wildman–Crippen LogP) is 4.84. The van der Waals surface area contributed by atoms with Crippen molar-refractivity contribution in [1.82, 2.24) is 9.97 Å². The zero-order valence-electron chi connectivity index (χ0n) is 16.3. The third-order valence-corrected chi connectivity index (χ3v) is 4.93. The maximum absolute atomic E-state index is 12.8. The lowest BCUT2D eigenvalue weighted by atomic mass is 9.97. The number of aromatic amines is 1. The number of hydrogen-bond donors (Lipinski definition) is 1. The number of methoxy groups -OCH3 is 2. The van der Waals surface area contributed by atoms with Crippen molar-refractivity contribution in [2.75, 3.05) is 14.2 Å². The van der Waals surface area contributed by atoms with Crippen molar-refractivity contribution in [3.05, 3.63) is 75.8 Å². The van der Waals surface area contributed by atoms with Crippen LogP contribution in [0.5, 0.6) is 11.5 Å². The number of benzene rings is 2. The summed E-state index contributed by atoms with van der Waals surface area (Å²) in [4.78, 5) is 20.2. The Hall–Kier alpha value is -2.76. The van der Waals surface area contributed by atoms with Crippen LogP contribution in [0.15, 0.2) is 53.5 Å². The first-order valence-corrected chi connectivity index (χ1v) is 8.72. The molecule has 0 bridgehead atoms. The SMILES string of the molecule is COc1cc2c(C)[nH]c(=O)c(Cc3ccnc4ccccc34)c2cc1OC.Cl.Cl. The molecule has 0 aliphatic rings. The number of rotatable bonds is 4. The number of nitrogens with one attached hydrogen (secondary N) is 1. The van der Waals surface area contributed by atoms with Crippen LogP contribution in [0.1, 0.15) is 16.8 Å². The van der Waals surface area contributed by atoms with E-state index < -0.39 is 0 Å². The number of fused-ring (bicyclic) bond motifs is 2. The molecule has 2 aromatic carbocycles. The molecule has 2 aromatic heterocycles. The third-order valence-electron chi connectivity index (χ3n) is 4.93. The van der Waals surface area contributed by atoms with Gasteiger partial charge in [0.05, 0.1) is 19.7 Å². The minimum absolute atomic E-state index is 0. The Kier molecular flexibility index (Phi) is 7.11. The number of pyridine rings is 2. The van der Waals surface area contributed by atoms with Gasteiger partial charge in [-0.25, -0.2) is 0 Å². The predicted molar refractivity (Wildman–Crippen MR) is 121 cm³/mol. The van der Waals surface area contributed by atoms with Gasteiger partial charge in [0.1, 0.15) is 0 Å². The molecular formula is C22H22Cl2N2O3. The Bertz CT molecular complexity index is 1220. The van der Waals surface area contributed by atoms with Crippen molar-refractivity contribution in [2.24, 2.45) is 0 Å². The first-order valence-electron chi connectivity index (χ1n) is 8.72. The fourth-order valence-electron chi connectivity index (χ4n) is 3.55. The first kappa shape index (κ1) is 22.5. The van der Waals surface area contributed by atoms with E-state index in [-0.39, 0.29) is 30.4 Å². The van der Waals surface area contributed by atoms with Crippen LogP contribution < -0.4 is 15.0 Å². The second-order valence-electron chi connectivity index (χ2n) is 6.47. The summed E-state index contributed by atoms with van der Waals surface area (Å²) in [7, 11) is 3.20. The zero-order chi connectivity index (χ0) is 19.0. The van der Waals surface area contributed by atoms with E-state index in [0.717, 1.165) is 32.9 Å². The summed E-state index contributed by atoms with van der Waals surface area (Å²) < 4.78 is 10.9. The highest BCUT2D eigenvalue weighted by Crippen LogP contribution is 2.34. The molecule has 5 nitrogen and oxygen atoms in total. The first-order chi connectivity index (χ1) is 13.1. The molecule has 4 rings (SSSR count). The van der Waals surface area contributed by atoms with Crippen molar-refractivity contribution in [3.8, 4) is 11.5 Å². The summed E-state index contributed by atoms with van der Waals surface area (Å²) >= 11 is 0. The second kappa shape index (κ2) is 9.16. The zero-order valence-corrected chi connectivity index (χ0v) is 17.9. The second-order valence-corrected chi connectivity index (χ2v) is 6.47. The molecule has 0 atom stereocenters. The fraction of sp³-hybridized carbons (Fsp3) is 0.182. The molecule has 0 saturated carbocycles. The lowest BCUT2D eigenvalue weighted by Gasteiger charge is -2.14. The quantitative estimate of drug-likeness (QED) is 0.501. The molecule has 1 N–H and O–H groups in total. The number of aromatic nitrogens is 2. The van der Waals surface area contributed by atoms with Gasteiger partial charge in [0.2, 0.25) is 0 Å². The number of para-hydroxylation sites is 1. The van der Waals surface area contributed by atoms with Crippen LogP contribution in [0.3, 0.4) is 0 Å². The van der Waals surface area contributed by atoms with Gasteiger partial charge in [-0.15, -0.1) is 24.8 Å². The summed E-state index contributed by atoms with van der Waals surface area (Å²) in [5.41, 5.74) is 3.40. The van der Waals surface area contributed by atoms with E-state index in [1.807, 2.05) is 49.4 Å². The average Bonchev–Trinajstić information content (AvgIpc) is 2.70. The van der Waals surface area contributed by atoms with Crippen molar-refractivity contribution in [2.45, 2.75) is 13.3 Å². The Labute approximate surface area is 180 Å². The maximum Gasteiger partial charge on any atom is 0.252 e. The smallest absolute Gasteiger partial charge is 0.252 e. The van der Waals surface area contributed by atoms with Gasteiger partial charge in [0, 0.05) is 34.6 Å². The molecule has 0 spiro atoms. The molecule has 0 fully saturated rings. The Morgan fingerprint density at radius 3 is 2.28 bits per heavy atom. The average molecular weight is 433 g/mol. The van der Waals surface area contributed by atoms with E-state index in [1.165, 1.54) is 0 Å². The van der Waals surface area contributed by atoms with Crippen LogP contribution in [0.25, 0.3) is 21.7 Å². The molecule has 7 heteroatoms. The summed E-state index contributed by atoms with van der Waals surface area (Å²) in [6, 6.07) is 13.7. The van der Waals surface area contributed by atoms with Gasteiger partial charge < -0.3 is 14.5 Å². The lowest BCUT2D eigenvalue weighted by Crippen LogP contribution is -2.15. The minimum Gasteiger partial charge on any atom is -0.493 e. The molecule has 152 valence electrons. The van der Waals surface area contributed by atoms with E-state index in [2.05, 4.69) is 9.97 Å². The Balaban J connectivity index is 0.00000150. The summed E-state index contributed by atoms with van der Waals surface area (Å²) in [6.07, 6.45) is 2.29. The minimum atomic E-state index is -0.0897. The standard InChI is InChI=1S/C22H20N2O3.2ClH/c1-13-16-11-20(26-2)21(27-3)12-17(16)18(22(25)24-13)10-14-8-9-23-19-7-5-4-6-15(14)19;;/h4-9,11-12H,10H2,1-3H3,(H,24,25);2*1H. The highest BCUT2D eigenvalue weighted by Gasteiger charge is 2.15. The molecule has 0 amide bonds. The topological polar surface area (TPSA) is 64.2 Å². The van der Waals surface area contributed by atoms with Crippen LogP contribution in [0.4, 0.5) is 0 Å². The molecule has 0 aliphatic heterocycles. The van der Waals surface area contributed by atoms with Crippen molar-refractivity contribution >= 4 is 46.5 Å². The van der Waals surface area contributed by atoms with E-state index in [0.29, 0.717) is 23.5 Å². The van der Waals surface area contributed by atoms with E-state index >= 15 is 0 Å². The van der Waals surface area contributed by atoms with Crippen molar-refractivity contribution < 1.29 is 9.47 Å². The molecule has 29 heavy (non-hydrogen) atoms. The van der Waals surface area contributed by atoms with E-state index in [1.54, 1.807) is 20.4 Å². The maximum atomic E-state index is 12.8. The van der Waals surface area contributed by atoms with Crippen LogP contribution in [0.2, 0.25) is 0 Å². The molecule has 2 heterocycles. The molecule has 4 aromatic rings. The van der Waals surface area contributed by atoms with Gasteiger partial charge in [0.25, 0.3) is 5.56 Å². The van der Waals surface area contributed by atoms with Crippen LogP contribution >= 0.6 is 24.8 Å². The highest BCUT2D eigenvalue weighted by molar-refractivity contribution is 5.91. The van der Waals surface area contributed by atoms with Crippen LogP contribution in [0, 0.1) is 6.92 Å². The number of aryl methyl sites for hydroxylation is 1. The van der Waals surface area contributed by atoms with Crippen LogP contribution in [-0.4, -0.2) is 24.2 Å². The third kappa shape index (κ3) is 4.02. The van der Waals surface area contributed by atoms with Gasteiger partial charge in [-0.2, -0.15) is 0 Å².